The molecule has 1 N–H and O–H groups in total. The number of hydrogen-bond donors (Lipinski definition) is 1. The summed E-state index contributed by atoms with van der Waals surface area (Å²) in [6.45, 7) is 2.82. The number of carbonyl (C=O) groups excluding carboxylic acids is 1. The highest BCUT2D eigenvalue weighted by Gasteiger charge is 2.31. The maximum absolute atomic E-state index is 12.7. The van der Waals surface area contributed by atoms with Crippen molar-refractivity contribution in [3.8, 4) is 0 Å². The first-order valence-electron chi connectivity index (χ1n) is 8.07. The molecule has 1 saturated heterocycles. The van der Waals surface area contributed by atoms with Gasteiger partial charge in [-0.3, -0.25) is 15.0 Å². The summed E-state index contributed by atoms with van der Waals surface area (Å²) in [4.78, 5) is 18.9. The third-order valence-corrected chi connectivity index (χ3v) is 4.87. The zero-order valence-electron chi connectivity index (χ0n) is 13.5. The number of alkyl halides is 3. The molecule has 134 valence electrons. The lowest BCUT2D eigenvalue weighted by atomic mass is 10.1. The van der Waals surface area contributed by atoms with Crippen molar-refractivity contribution in [3.63, 3.8) is 0 Å². The molecule has 25 heavy (non-hydrogen) atoms. The fraction of sp³-hybridized carbons (Fsp3) is 0.412. The molecule has 0 bridgehead atoms. The monoisotopic (exact) mass is 369 g/mol. The number of hydrogen-bond acceptors (Lipinski definition) is 4. The molecule has 0 saturated carbocycles. The molecule has 0 atom stereocenters. The summed E-state index contributed by atoms with van der Waals surface area (Å²) in [5.41, 5.74) is -0.0149. The number of halogens is 3. The highest BCUT2D eigenvalue weighted by Crippen LogP contribution is 2.29. The van der Waals surface area contributed by atoms with Crippen molar-refractivity contribution in [3.05, 3.63) is 46.5 Å². The van der Waals surface area contributed by atoms with Crippen LogP contribution in [0.15, 0.2) is 29.6 Å². The van der Waals surface area contributed by atoms with Gasteiger partial charge in [0.25, 0.3) is 5.91 Å². The van der Waals surface area contributed by atoms with Crippen LogP contribution in [0, 0.1) is 0 Å². The van der Waals surface area contributed by atoms with Gasteiger partial charge in [0.05, 0.1) is 11.3 Å². The Kier molecular flexibility index (Phi) is 5.39. The zero-order chi connectivity index (χ0) is 17.9. The predicted molar refractivity (Wildman–Crippen MR) is 90.6 cm³/mol. The number of amides is 1. The molecule has 0 radical (unpaired) electrons. The van der Waals surface area contributed by atoms with Crippen LogP contribution in [0.1, 0.15) is 40.9 Å². The Morgan fingerprint density at radius 3 is 2.72 bits per heavy atom. The number of nitrogens with zero attached hydrogens (tertiary/aromatic N) is 2. The number of aromatic nitrogens is 1. The maximum atomic E-state index is 12.7. The van der Waals surface area contributed by atoms with Crippen molar-refractivity contribution >= 4 is 22.4 Å². The second-order valence-corrected chi connectivity index (χ2v) is 6.87. The molecule has 1 amide bonds. The second-order valence-electron chi connectivity index (χ2n) is 6.01. The highest BCUT2D eigenvalue weighted by molar-refractivity contribution is 7.13. The number of carbonyl (C=O) groups is 1. The van der Waals surface area contributed by atoms with E-state index in [2.05, 4.69) is 15.2 Å². The van der Waals surface area contributed by atoms with Crippen LogP contribution in [0.3, 0.4) is 0 Å². The van der Waals surface area contributed by atoms with E-state index in [4.69, 9.17) is 0 Å². The Morgan fingerprint density at radius 2 is 2.00 bits per heavy atom. The van der Waals surface area contributed by atoms with E-state index in [1.807, 2.05) is 5.38 Å². The van der Waals surface area contributed by atoms with Gasteiger partial charge in [-0.05, 0) is 44.1 Å². The van der Waals surface area contributed by atoms with Crippen LogP contribution in [-0.4, -0.2) is 28.9 Å². The molecule has 4 nitrogen and oxygen atoms in total. The molecule has 3 rings (SSSR count). The summed E-state index contributed by atoms with van der Waals surface area (Å²) in [6, 6.07) is 4.36. The van der Waals surface area contributed by atoms with E-state index in [1.165, 1.54) is 42.7 Å². The van der Waals surface area contributed by atoms with Crippen molar-refractivity contribution in [1.82, 2.24) is 9.88 Å². The molecule has 2 aromatic rings. The number of benzene rings is 1. The van der Waals surface area contributed by atoms with Gasteiger partial charge in [0.15, 0.2) is 5.13 Å². The van der Waals surface area contributed by atoms with Gasteiger partial charge in [-0.2, -0.15) is 13.2 Å². The topological polar surface area (TPSA) is 45.2 Å². The molecule has 0 aliphatic carbocycles. The van der Waals surface area contributed by atoms with Crippen LogP contribution >= 0.6 is 11.3 Å². The molecule has 0 spiro atoms. The largest absolute Gasteiger partial charge is 0.416 e. The van der Waals surface area contributed by atoms with Crippen LogP contribution in [0.4, 0.5) is 18.3 Å². The SMILES string of the molecule is O=C(Nc1nc(CN2CCCCC2)cs1)c1cccc(C(F)(F)F)c1. The summed E-state index contributed by atoms with van der Waals surface area (Å²) in [7, 11) is 0. The summed E-state index contributed by atoms with van der Waals surface area (Å²) >= 11 is 1.28. The van der Waals surface area contributed by atoms with Gasteiger partial charge in [0, 0.05) is 17.5 Å². The average molecular weight is 369 g/mol. The molecule has 8 heteroatoms. The number of thiazole rings is 1. The molecule has 2 heterocycles. The number of nitrogens with one attached hydrogen (secondary N) is 1. The summed E-state index contributed by atoms with van der Waals surface area (Å²) in [5.74, 6) is -0.593. The first-order valence-corrected chi connectivity index (χ1v) is 8.95. The summed E-state index contributed by atoms with van der Waals surface area (Å²) in [6.07, 6.45) is -0.850. The second kappa shape index (κ2) is 7.53. The summed E-state index contributed by atoms with van der Waals surface area (Å²) in [5, 5.41) is 4.85. The molecule has 1 fully saturated rings. The van der Waals surface area contributed by atoms with Gasteiger partial charge in [0.1, 0.15) is 0 Å². The maximum Gasteiger partial charge on any atom is 0.416 e. The third kappa shape index (κ3) is 4.79. The normalized spacial score (nSPS) is 16.0. The molecule has 1 aromatic carbocycles. The van der Waals surface area contributed by atoms with Gasteiger partial charge in [-0.25, -0.2) is 4.98 Å². The number of likely N-dealkylation sites (tertiary alicyclic amines) is 1. The van der Waals surface area contributed by atoms with E-state index in [9.17, 15) is 18.0 Å². The molecular formula is C17H18F3N3OS. The van der Waals surface area contributed by atoms with Gasteiger partial charge in [-0.15, -0.1) is 11.3 Å². The number of piperidine rings is 1. The smallest absolute Gasteiger partial charge is 0.298 e. The fourth-order valence-corrected chi connectivity index (χ4v) is 3.49. The quantitative estimate of drug-likeness (QED) is 0.869. The van der Waals surface area contributed by atoms with E-state index in [-0.39, 0.29) is 5.56 Å². The minimum absolute atomic E-state index is 0.0393. The van der Waals surface area contributed by atoms with Gasteiger partial charge in [0.2, 0.25) is 0 Å². The Labute approximate surface area is 147 Å². The van der Waals surface area contributed by atoms with E-state index >= 15 is 0 Å². The van der Waals surface area contributed by atoms with Gasteiger partial charge in [-0.1, -0.05) is 12.5 Å². The van der Waals surface area contributed by atoms with E-state index in [0.717, 1.165) is 37.5 Å². The van der Waals surface area contributed by atoms with Crippen LogP contribution in [0.25, 0.3) is 0 Å². The first-order chi connectivity index (χ1) is 11.9. The standard InChI is InChI=1S/C17H18F3N3OS/c18-17(19,20)13-6-4-5-12(9-13)15(24)22-16-21-14(11-25-16)10-23-7-2-1-3-8-23/h4-6,9,11H,1-3,7-8,10H2,(H,21,22,24). The molecule has 1 aliphatic rings. The molecular weight excluding hydrogens is 351 g/mol. The fourth-order valence-electron chi connectivity index (χ4n) is 2.79. The molecule has 1 aliphatic heterocycles. The van der Waals surface area contributed by atoms with Crippen LogP contribution in [0.2, 0.25) is 0 Å². The van der Waals surface area contributed by atoms with Crippen LogP contribution < -0.4 is 5.32 Å². The van der Waals surface area contributed by atoms with E-state index in [1.54, 1.807) is 0 Å². The van der Waals surface area contributed by atoms with Gasteiger partial charge >= 0.3 is 6.18 Å². The van der Waals surface area contributed by atoms with Crippen molar-refractivity contribution < 1.29 is 18.0 Å². The Balaban J connectivity index is 1.63. The minimum atomic E-state index is -4.47. The molecule has 0 unspecified atom stereocenters. The van der Waals surface area contributed by atoms with Crippen molar-refractivity contribution in [1.29, 1.82) is 0 Å². The molecule has 1 aromatic heterocycles. The third-order valence-electron chi connectivity index (χ3n) is 4.06. The van der Waals surface area contributed by atoms with E-state index in [0.29, 0.717) is 5.13 Å². The predicted octanol–water partition coefficient (Wildman–Crippen LogP) is 4.40. The first kappa shape index (κ1) is 17.9. The Hall–Kier alpha value is -1.93. The van der Waals surface area contributed by atoms with Gasteiger partial charge < -0.3 is 0 Å². The minimum Gasteiger partial charge on any atom is -0.298 e. The Bertz CT molecular complexity index is 739. The van der Waals surface area contributed by atoms with Crippen LogP contribution in [0.5, 0.6) is 0 Å². The van der Waals surface area contributed by atoms with Crippen LogP contribution in [-0.2, 0) is 12.7 Å². The lowest BCUT2D eigenvalue weighted by Gasteiger charge is -2.25. The van der Waals surface area contributed by atoms with Crippen molar-refractivity contribution in [2.75, 3.05) is 18.4 Å². The lowest BCUT2D eigenvalue weighted by molar-refractivity contribution is -0.137. The average Bonchev–Trinajstić information content (AvgIpc) is 3.02. The lowest BCUT2D eigenvalue weighted by Crippen LogP contribution is -2.29. The van der Waals surface area contributed by atoms with Crippen molar-refractivity contribution in [2.45, 2.75) is 32.0 Å². The van der Waals surface area contributed by atoms with E-state index < -0.39 is 17.6 Å². The zero-order valence-corrected chi connectivity index (χ0v) is 14.3. The number of anilines is 1. The summed E-state index contributed by atoms with van der Waals surface area (Å²) < 4.78 is 38.2. The van der Waals surface area contributed by atoms with Crippen molar-refractivity contribution in [2.24, 2.45) is 0 Å². The highest BCUT2D eigenvalue weighted by atomic mass is 32.1. The Morgan fingerprint density at radius 1 is 1.24 bits per heavy atom. The number of rotatable bonds is 4.